The van der Waals surface area contributed by atoms with E-state index < -0.39 is 21.7 Å². The van der Waals surface area contributed by atoms with Crippen molar-refractivity contribution < 1.29 is 19.8 Å². The van der Waals surface area contributed by atoms with Gasteiger partial charge in [-0.2, -0.15) is 0 Å². The standard InChI is InChI=1S/C26H24N2O4S2/c1-3-25(27,33-17-11-7-5-8-12-17)21-19(23(29)30)15-16-20(24(31)32)22(21)26(28,4-2)34-18-13-9-6-10-14-18/h3-16H,1-2,27-28H2,(H,29,30)(H,31,32). The van der Waals surface area contributed by atoms with Gasteiger partial charge in [0, 0.05) is 20.9 Å². The Kier molecular flexibility index (Phi) is 7.68. The Morgan fingerprint density at radius 2 is 1.00 bits per heavy atom. The van der Waals surface area contributed by atoms with E-state index in [1.54, 1.807) is 0 Å². The zero-order valence-electron chi connectivity index (χ0n) is 18.2. The van der Waals surface area contributed by atoms with E-state index in [1.807, 2.05) is 60.7 Å². The number of hydrogen-bond acceptors (Lipinski definition) is 6. The summed E-state index contributed by atoms with van der Waals surface area (Å²) in [5, 5.41) is 20.1. The number of carboxylic acid groups (broad SMARTS) is 2. The van der Waals surface area contributed by atoms with Gasteiger partial charge in [-0.05, 0) is 36.4 Å². The van der Waals surface area contributed by atoms with E-state index in [4.69, 9.17) is 11.5 Å². The van der Waals surface area contributed by atoms with Gasteiger partial charge in [0.15, 0.2) is 0 Å². The number of hydrogen-bond donors (Lipinski definition) is 4. The second-order valence-electron chi connectivity index (χ2n) is 7.35. The molecule has 0 saturated heterocycles. The molecule has 0 aromatic heterocycles. The predicted molar refractivity (Wildman–Crippen MR) is 137 cm³/mol. The molecule has 0 saturated carbocycles. The molecule has 0 aliphatic heterocycles. The van der Waals surface area contributed by atoms with Crippen LogP contribution in [0.1, 0.15) is 31.8 Å². The summed E-state index contributed by atoms with van der Waals surface area (Å²) in [5.41, 5.74) is 13.3. The second-order valence-corrected chi connectivity index (χ2v) is 10.0. The van der Waals surface area contributed by atoms with Crippen LogP contribution in [0.25, 0.3) is 0 Å². The predicted octanol–water partition coefficient (Wildman–Crippen LogP) is 5.26. The lowest BCUT2D eigenvalue weighted by atomic mass is 9.86. The Morgan fingerprint density at radius 3 is 1.26 bits per heavy atom. The number of rotatable bonds is 10. The van der Waals surface area contributed by atoms with Gasteiger partial charge < -0.3 is 21.7 Å². The molecule has 174 valence electrons. The van der Waals surface area contributed by atoms with Gasteiger partial charge in [-0.15, -0.1) is 13.2 Å². The highest BCUT2D eigenvalue weighted by Crippen LogP contribution is 2.48. The van der Waals surface area contributed by atoms with Gasteiger partial charge in [-0.1, -0.05) is 72.1 Å². The van der Waals surface area contributed by atoms with Crippen LogP contribution in [0.2, 0.25) is 0 Å². The van der Waals surface area contributed by atoms with Crippen molar-refractivity contribution in [1.29, 1.82) is 0 Å². The fraction of sp³-hybridized carbons (Fsp3) is 0.0769. The molecule has 2 unspecified atom stereocenters. The highest BCUT2D eigenvalue weighted by molar-refractivity contribution is 8.00. The van der Waals surface area contributed by atoms with Crippen molar-refractivity contribution in [3.8, 4) is 0 Å². The number of carbonyl (C=O) groups is 2. The van der Waals surface area contributed by atoms with E-state index in [2.05, 4.69) is 13.2 Å². The average Bonchev–Trinajstić information content (AvgIpc) is 2.84. The van der Waals surface area contributed by atoms with Crippen LogP contribution in [-0.4, -0.2) is 22.2 Å². The molecule has 0 heterocycles. The Hall–Kier alpha value is -3.30. The maximum absolute atomic E-state index is 12.3. The Balaban J connectivity index is 2.38. The molecule has 0 aliphatic rings. The minimum absolute atomic E-state index is 0.0505. The molecule has 34 heavy (non-hydrogen) atoms. The quantitative estimate of drug-likeness (QED) is 0.171. The van der Waals surface area contributed by atoms with Crippen molar-refractivity contribution in [1.82, 2.24) is 0 Å². The molecule has 2 atom stereocenters. The zero-order valence-corrected chi connectivity index (χ0v) is 19.8. The molecule has 8 heteroatoms. The lowest BCUT2D eigenvalue weighted by molar-refractivity contribution is 0.0678. The molecule has 3 aromatic rings. The Morgan fingerprint density at radius 1 is 0.676 bits per heavy atom. The van der Waals surface area contributed by atoms with Gasteiger partial charge >= 0.3 is 11.9 Å². The van der Waals surface area contributed by atoms with Crippen LogP contribution in [0.4, 0.5) is 0 Å². The molecule has 0 bridgehead atoms. The van der Waals surface area contributed by atoms with Crippen molar-refractivity contribution in [3.63, 3.8) is 0 Å². The largest absolute Gasteiger partial charge is 0.478 e. The number of carboxylic acids is 2. The van der Waals surface area contributed by atoms with E-state index in [1.165, 1.54) is 24.3 Å². The lowest BCUT2D eigenvalue weighted by Crippen LogP contribution is -2.41. The molecule has 0 fully saturated rings. The minimum atomic E-state index is -1.53. The van der Waals surface area contributed by atoms with E-state index in [-0.39, 0.29) is 22.3 Å². The van der Waals surface area contributed by atoms with Gasteiger partial charge in [-0.3, -0.25) is 0 Å². The van der Waals surface area contributed by atoms with Crippen LogP contribution in [0.5, 0.6) is 0 Å². The summed E-state index contributed by atoms with van der Waals surface area (Å²) in [5.74, 6) is -2.54. The highest BCUT2D eigenvalue weighted by atomic mass is 32.2. The first-order valence-electron chi connectivity index (χ1n) is 10.1. The third-order valence-electron chi connectivity index (χ3n) is 5.11. The summed E-state index contributed by atoms with van der Waals surface area (Å²) in [4.78, 5) is 23.1. The summed E-state index contributed by atoms with van der Waals surface area (Å²) in [6.07, 6.45) is 2.80. The van der Waals surface area contributed by atoms with Gasteiger partial charge in [0.25, 0.3) is 0 Å². The summed E-state index contributed by atoms with van der Waals surface area (Å²) >= 11 is 2.30. The second kappa shape index (κ2) is 10.3. The number of benzene rings is 3. The molecule has 6 N–H and O–H groups in total. The topological polar surface area (TPSA) is 127 Å². The number of thioether (sulfide) groups is 2. The molecule has 6 nitrogen and oxygen atoms in total. The fourth-order valence-electron chi connectivity index (χ4n) is 3.53. The van der Waals surface area contributed by atoms with Crippen molar-refractivity contribution >= 4 is 35.5 Å². The van der Waals surface area contributed by atoms with E-state index in [0.29, 0.717) is 0 Å². The summed E-state index contributed by atoms with van der Waals surface area (Å²) < 4.78 is 0. The molecular formula is C26H24N2O4S2. The van der Waals surface area contributed by atoms with Crippen molar-refractivity contribution in [2.75, 3.05) is 0 Å². The van der Waals surface area contributed by atoms with Crippen LogP contribution in [0, 0.1) is 0 Å². The summed E-state index contributed by atoms with van der Waals surface area (Å²) in [6.45, 7) is 7.71. The first-order valence-corrected chi connectivity index (χ1v) is 11.8. The normalized spacial score (nSPS) is 14.4. The molecule has 0 spiro atoms. The first kappa shape index (κ1) is 25.3. The number of nitrogens with two attached hydrogens (primary N) is 2. The zero-order chi connectivity index (χ0) is 24.9. The smallest absolute Gasteiger partial charge is 0.336 e. The van der Waals surface area contributed by atoms with Crippen LogP contribution in [0.3, 0.4) is 0 Å². The highest BCUT2D eigenvalue weighted by Gasteiger charge is 2.41. The third kappa shape index (κ3) is 5.10. The fourth-order valence-corrected chi connectivity index (χ4v) is 5.69. The first-order chi connectivity index (χ1) is 16.1. The monoisotopic (exact) mass is 492 g/mol. The Labute approximate surface area is 206 Å². The maximum Gasteiger partial charge on any atom is 0.336 e. The van der Waals surface area contributed by atoms with E-state index in [9.17, 15) is 19.8 Å². The van der Waals surface area contributed by atoms with Gasteiger partial charge in [0.2, 0.25) is 0 Å². The maximum atomic E-state index is 12.3. The van der Waals surface area contributed by atoms with Crippen LogP contribution < -0.4 is 11.5 Å². The van der Waals surface area contributed by atoms with E-state index >= 15 is 0 Å². The summed E-state index contributed by atoms with van der Waals surface area (Å²) in [6, 6.07) is 20.7. The molecule has 0 amide bonds. The van der Waals surface area contributed by atoms with Crippen molar-refractivity contribution in [3.05, 3.63) is 120 Å². The lowest BCUT2D eigenvalue weighted by Gasteiger charge is -2.36. The van der Waals surface area contributed by atoms with Gasteiger partial charge in [0.1, 0.15) is 9.74 Å². The Bertz CT molecular complexity index is 1140. The molecule has 3 rings (SSSR count). The van der Waals surface area contributed by atoms with Crippen LogP contribution >= 0.6 is 23.5 Å². The molecule has 0 radical (unpaired) electrons. The minimum Gasteiger partial charge on any atom is -0.478 e. The van der Waals surface area contributed by atoms with Crippen LogP contribution in [-0.2, 0) is 9.74 Å². The van der Waals surface area contributed by atoms with Crippen molar-refractivity contribution in [2.24, 2.45) is 11.5 Å². The van der Waals surface area contributed by atoms with Gasteiger partial charge in [-0.25, -0.2) is 9.59 Å². The average molecular weight is 493 g/mol. The molecule has 0 aliphatic carbocycles. The van der Waals surface area contributed by atoms with E-state index in [0.717, 1.165) is 33.3 Å². The third-order valence-corrected chi connectivity index (χ3v) is 7.55. The SMILES string of the molecule is C=CC(N)(Sc1ccccc1)c1c(C(=O)O)ccc(C(=O)O)c1C(N)(C=C)Sc1ccccc1. The number of aromatic carboxylic acids is 2. The molecular weight excluding hydrogens is 468 g/mol. The summed E-state index contributed by atoms with van der Waals surface area (Å²) in [7, 11) is 0. The van der Waals surface area contributed by atoms with Crippen LogP contribution in [0.15, 0.2) is 108 Å². The van der Waals surface area contributed by atoms with Crippen molar-refractivity contribution in [2.45, 2.75) is 19.5 Å². The van der Waals surface area contributed by atoms with Gasteiger partial charge in [0.05, 0.1) is 11.1 Å². The molecule has 3 aromatic carbocycles.